The fraction of sp³-hybridized carbons (Fsp3) is 0.769. The second kappa shape index (κ2) is 8.76. The number of nitrogens with zero attached hydrogens (tertiary/aromatic N) is 1. The third-order valence-electron chi connectivity index (χ3n) is 3.18. The highest BCUT2D eigenvalue weighted by Crippen LogP contribution is 2.19. The summed E-state index contributed by atoms with van der Waals surface area (Å²) < 4.78 is 0. The molecule has 120 valence electrons. The van der Waals surface area contributed by atoms with E-state index in [4.69, 9.17) is 5.11 Å². The van der Waals surface area contributed by atoms with Crippen LogP contribution in [0.3, 0.4) is 0 Å². The average Bonchev–Trinajstić information content (AvgIpc) is 2.44. The van der Waals surface area contributed by atoms with Crippen LogP contribution in [0.4, 0.5) is 4.79 Å². The molecule has 1 aliphatic heterocycles. The number of carbonyl (C=O) groups excluding carboxylic acids is 2. The normalized spacial score (nSPS) is 19.7. The number of carbonyl (C=O) groups is 3. The molecule has 1 rings (SSSR count). The first-order valence-corrected chi connectivity index (χ1v) is 8.25. The van der Waals surface area contributed by atoms with E-state index in [1.54, 1.807) is 18.7 Å². The van der Waals surface area contributed by atoms with Gasteiger partial charge in [-0.3, -0.25) is 9.59 Å². The predicted molar refractivity (Wildman–Crippen MR) is 81.4 cm³/mol. The molecule has 8 heteroatoms. The molecule has 0 radical (unpaired) electrons. The third-order valence-corrected chi connectivity index (χ3v) is 4.27. The van der Waals surface area contributed by atoms with Crippen molar-refractivity contribution in [2.24, 2.45) is 0 Å². The number of hydrogen-bond donors (Lipinski definition) is 3. The van der Waals surface area contributed by atoms with Gasteiger partial charge in [-0.25, -0.2) is 4.79 Å². The number of urea groups is 1. The van der Waals surface area contributed by atoms with Gasteiger partial charge in [0.1, 0.15) is 6.04 Å². The number of carboxylic acids is 1. The average molecular weight is 317 g/mol. The number of hydrogen-bond acceptors (Lipinski definition) is 4. The van der Waals surface area contributed by atoms with Crippen molar-refractivity contribution in [1.82, 2.24) is 15.5 Å². The number of aliphatic carboxylic acids is 1. The van der Waals surface area contributed by atoms with E-state index in [1.807, 2.05) is 6.92 Å². The van der Waals surface area contributed by atoms with Gasteiger partial charge in [0.25, 0.3) is 0 Å². The Balaban J connectivity index is 2.55. The van der Waals surface area contributed by atoms with Crippen LogP contribution >= 0.6 is 11.8 Å². The number of carboxylic acid groups (broad SMARTS) is 1. The lowest BCUT2D eigenvalue weighted by atomic mass is 10.2. The maximum absolute atomic E-state index is 12.2. The van der Waals surface area contributed by atoms with Gasteiger partial charge in [-0.2, -0.15) is 11.8 Å². The lowest BCUT2D eigenvalue weighted by Crippen LogP contribution is -2.55. The lowest BCUT2D eigenvalue weighted by Gasteiger charge is -2.35. The van der Waals surface area contributed by atoms with Gasteiger partial charge in [0.15, 0.2) is 0 Å². The maximum atomic E-state index is 12.2. The zero-order valence-electron chi connectivity index (χ0n) is 12.4. The standard InChI is InChI=1S/C13H23N3O4S/c1-3-4-14-12(19)9(2)15-13(20)16-5-6-21-8-10(16)7-11(17)18/h9-10H,3-8H2,1-2H3,(H,14,19)(H,15,20)(H,17,18). The van der Waals surface area contributed by atoms with Gasteiger partial charge in [-0.15, -0.1) is 0 Å². The van der Waals surface area contributed by atoms with Crippen molar-refractivity contribution < 1.29 is 19.5 Å². The Hall–Kier alpha value is -1.44. The molecule has 0 saturated carbocycles. The summed E-state index contributed by atoms with van der Waals surface area (Å²) in [6.07, 6.45) is 0.757. The van der Waals surface area contributed by atoms with E-state index in [-0.39, 0.29) is 24.4 Å². The lowest BCUT2D eigenvalue weighted by molar-refractivity contribution is -0.138. The first kappa shape index (κ1) is 17.6. The van der Waals surface area contributed by atoms with Crippen LogP contribution in [0.5, 0.6) is 0 Å². The van der Waals surface area contributed by atoms with Crippen molar-refractivity contribution in [1.29, 1.82) is 0 Å². The molecule has 0 aromatic heterocycles. The molecular weight excluding hydrogens is 294 g/mol. The Morgan fingerprint density at radius 3 is 2.76 bits per heavy atom. The largest absolute Gasteiger partial charge is 0.481 e. The van der Waals surface area contributed by atoms with Crippen molar-refractivity contribution >= 4 is 29.7 Å². The van der Waals surface area contributed by atoms with Crippen molar-refractivity contribution in [3.8, 4) is 0 Å². The fourth-order valence-electron chi connectivity index (χ4n) is 2.03. The summed E-state index contributed by atoms with van der Waals surface area (Å²) in [6.45, 7) is 4.64. The molecule has 1 fully saturated rings. The number of nitrogens with one attached hydrogen (secondary N) is 2. The second-order valence-corrected chi connectivity index (χ2v) is 6.13. The summed E-state index contributed by atoms with van der Waals surface area (Å²) in [5.41, 5.74) is 0. The molecule has 1 saturated heterocycles. The smallest absolute Gasteiger partial charge is 0.318 e. The van der Waals surface area contributed by atoms with Crippen LogP contribution in [-0.4, -0.2) is 64.6 Å². The van der Waals surface area contributed by atoms with Crippen molar-refractivity contribution in [2.45, 2.75) is 38.8 Å². The summed E-state index contributed by atoms with van der Waals surface area (Å²) in [5.74, 6) is 0.233. The minimum Gasteiger partial charge on any atom is -0.481 e. The fourth-order valence-corrected chi connectivity index (χ4v) is 3.09. The summed E-state index contributed by atoms with van der Waals surface area (Å²) in [4.78, 5) is 36.3. The molecule has 2 atom stereocenters. The molecule has 0 bridgehead atoms. The first-order chi connectivity index (χ1) is 9.95. The van der Waals surface area contributed by atoms with Crippen molar-refractivity contribution in [2.75, 3.05) is 24.6 Å². The summed E-state index contributed by atoms with van der Waals surface area (Å²) in [5, 5.41) is 14.2. The Bertz CT molecular complexity index is 392. The zero-order valence-corrected chi connectivity index (χ0v) is 13.2. The molecule has 1 aliphatic rings. The van der Waals surface area contributed by atoms with Crippen LogP contribution in [0.1, 0.15) is 26.7 Å². The van der Waals surface area contributed by atoms with Gasteiger partial charge in [-0.1, -0.05) is 6.92 Å². The minimum atomic E-state index is -0.922. The van der Waals surface area contributed by atoms with E-state index < -0.39 is 12.0 Å². The monoisotopic (exact) mass is 317 g/mol. The number of amides is 3. The molecule has 7 nitrogen and oxygen atoms in total. The highest BCUT2D eigenvalue weighted by Gasteiger charge is 2.30. The van der Waals surface area contributed by atoms with E-state index in [0.29, 0.717) is 18.8 Å². The topological polar surface area (TPSA) is 98.7 Å². The Morgan fingerprint density at radius 1 is 1.43 bits per heavy atom. The molecule has 0 aliphatic carbocycles. The molecule has 3 N–H and O–H groups in total. The molecule has 3 amide bonds. The Labute approximate surface area is 128 Å². The Morgan fingerprint density at radius 2 is 2.14 bits per heavy atom. The van der Waals surface area contributed by atoms with Gasteiger partial charge in [0, 0.05) is 24.6 Å². The molecule has 0 aromatic carbocycles. The minimum absolute atomic E-state index is 0.0726. The van der Waals surface area contributed by atoms with E-state index in [9.17, 15) is 14.4 Å². The first-order valence-electron chi connectivity index (χ1n) is 7.10. The number of rotatable bonds is 6. The van der Waals surface area contributed by atoms with E-state index in [1.165, 1.54) is 4.90 Å². The van der Waals surface area contributed by atoms with E-state index in [0.717, 1.165) is 12.2 Å². The summed E-state index contributed by atoms with van der Waals surface area (Å²) in [6, 6.07) is -1.34. The van der Waals surface area contributed by atoms with Crippen LogP contribution in [0.15, 0.2) is 0 Å². The van der Waals surface area contributed by atoms with Crippen LogP contribution in [0.25, 0.3) is 0 Å². The SMILES string of the molecule is CCCNC(=O)C(C)NC(=O)N1CCSCC1CC(=O)O. The molecule has 0 spiro atoms. The van der Waals surface area contributed by atoms with Gasteiger partial charge in [0.2, 0.25) is 5.91 Å². The van der Waals surface area contributed by atoms with Gasteiger partial charge < -0.3 is 20.6 Å². The predicted octanol–water partition coefficient (Wildman–Crippen LogP) is 0.503. The quantitative estimate of drug-likeness (QED) is 0.663. The van der Waals surface area contributed by atoms with Crippen molar-refractivity contribution in [3.05, 3.63) is 0 Å². The van der Waals surface area contributed by atoms with Crippen LogP contribution in [-0.2, 0) is 9.59 Å². The van der Waals surface area contributed by atoms with Crippen LogP contribution < -0.4 is 10.6 Å². The Kier molecular flexibility index (Phi) is 7.35. The highest BCUT2D eigenvalue weighted by atomic mass is 32.2. The van der Waals surface area contributed by atoms with E-state index >= 15 is 0 Å². The van der Waals surface area contributed by atoms with E-state index in [2.05, 4.69) is 10.6 Å². The number of thioether (sulfide) groups is 1. The van der Waals surface area contributed by atoms with Crippen LogP contribution in [0, 0.1) is 0 Å². The molecular formula is C13H23N3O4S. The van der Waals surface area contributed by atoms with Gasteiger partial charge in [-0.05, 0) is 13.3 Å². The zero-order chi connectivity index (χ0) is 15.8. The second-order valence-electron chi connectivity index (χ2n) is 4.98. The van der Waals surface area contributed by atoms with Gasteiger partial charge >= 0.3 is 12.0 Å². The molecule has 1 heterocycles. The summed E-state index contributed by atoms with van der Waals surface area (Å²) in [7, 11) is 0. The summed E-state index contributed by atoms with van der Waals surface area (Å²) >= 11 is 1.64. The maximum Gasteiger partial charge on any atom is 0.318 e. The molecule has 2 unspecified atom stereocenters. The van der Waals surface area contributed by atoms with Crippen LogP contribution in [0.2, 0.25) is 0 Å². The van der Waals surface area contributed by atoms with Gasteiger partial charge in [0.05, 0.1) is 12.5 Å². The van der Waals surface area contributed by atoms with Crippen molar-refractivity contribution in [3.63, 3.8) is 0 Å². The highest BCUT2D eigenvalue weighted by molar-refractivity contribution is 7.99. The molecule has 0 aromatic rings. The molecule has 21 heavy (non-hydrogen) atoms. The third kappa shape index (κ3) is 5.82.